The van der Waals surface area contributed by atoms with Crippen LogP contribution in [-0.2, 0) is 10.8 Å². The Labute approximate surface area is 134 Å². The fraction of sp³-hybridized carbons (Fsp3) is 0.429. The molecule has 0 aromatic carbocycles. The van der Waals surface area contributed by atoms with E-state index in [2.05, 4.69) is 48.6 Å². The standard InChI is InChI=1S/2C7H8.4ClH.Ru/c2*1-2-7-4-3-6(1)5-7;;;;;/h2*1-4,6-7H,5H2;4*1H;/q;;;;;;+4/p-4. The van der Waals surface area contributed by atoms with E-state index in [-0.39, 0.29) is 0 Å². The molecule has 0 aromatic heterocycles. The summed E-state index contributed by atoms with van der Waals surface area (Å²) in [6.07, 6.45) is 21.1. The van der Waals surface area contributed by atoms with E-state index in [0.29, 0.717) is 0 Å². The molecule has 5 heteroatoms. The second-order valence-corrected chi connectivity index (χ2v) is 20.8. The van der Waals surface area contributed by atoms with Crippen LogP contribution in [0.3, 0.4) is 0 Å². The van der Waals surface area contributed by atoms with Crippen molar-refractivity contribution in [2.45, 2.75) is 12.8 Å². The quantitative estimate of drug-likeness (QED) is 0.317. The molecule has 0 radical (unpaired) electrons. The van der Waals surface area contributed by atoms with Gasteiger partial charge in [-0.25, -0.2) is 0 Å². The molecule has 0 amide bonds. The molecule has 0 aromatic rings. The van der Waals surface area contributed by atoms with Gasteiger partial charge in [-0.3, -0.25) is 0 Å². The van der Waals surface area contributed by atoms with Crippen molar-refractivity contribution in [1.29, 1.82) is 0 Å². The van der Waals surface area contributed by atoms with E-state index in [1.165, 1.54) is 12.8 Å². The molecule has 4 rings (SSSR count). The van der Waals surface area contributed by atoms with Gasteiger partial charge in [0.25, 0.3) is 0 Å². The molecule has 0 N–H and O–H groups in total. The van der Waals surface area contributed by atoms with Crippen LogP contribution in [0, 0.1) is 23.7 Å². The minimum atomic E-state index is -2.97. The first-order valence-electron chi connectivity index (χ1n) is 6.17. The molecule has 0 nitrogen and oxygen atoms in total. The predicted octanol–water partition coefficient (Wildman–Crippen LogP) is 6.25. The Balaban J connectivity index is 0.000000108. The molecule has 0 atom stereocenters. The fourth-order valence-corrected chi connectivity index (χ4v) is 2.66. The van der Waals surface area contributed by atoms with Gasteiger partial charge >= 0.3 is 49.6 Å². The molecule has 0 spiro atoms. The van der Waals surface area contributed by atoms with Crippen LogP contribution in [0.5, 0.6) is 0 Å². The fourth-order valence-electron chi connectivity index (χ4n) is 2.66. The molecule has 0 fully saturated rings. The summed E-state index contributed by atoms with van der Waals surface area (Å²) in [6.45, 7) is 0. The second-order valence-electron chi connectivity index (χ2n) is 4.97. The third-order valence-corrected chi connectivity index (χ3v) is 3.51. The molecule has 0 saturated carbocycles. The van der Waals surface area contributed by atoms with E-state index >= 15 is 0 Å². The molecule has 4 bridgehead atoms. The van der Waals surface area contributed by atoms with Crippen LogP contribution in [0.4, 0.5) is 0 Å². The van der Waals surface area contributed by atoms with Gasteiger partial charge in [0.1, 0.15) is 0 Å². The van der Waals surface area contributed by atoms with Crippen molar-refractivity contribution in [3.05, 3.63) is 48.6 Å². The third-order valence-electron chi connectivity index (χ3n) is 3.51. The first kappa shape index (κ1) is 16.1. The monoisotopic (exact) mass is 426 g/mol. The average molecular weight is 427 g/mol. The Kier molecular flexibility index (Phi) is 6.06. The zero-order valence-corrected chi connectivity index (χ0v) is 15.0. The van der Waals surface area contributed by atoms with E-state index < -0.39 is 10.8 Å². The van der Waals surface area contributed by atoms with E-state index in [9.17, 15) is 0 Å². The van der Waals surface area contributed by atoms with Crippen LogP contribution < -0.4 is 0 Å². The second kappa shape index (κ2) is 7.14. The maximum absolute atomic E-state index is 5.00. The molecule has 4 aliphatic rings. The van der Waals surface area contributed by atoms with Gasteiger partial charge < -0.3 is 0 Å². The van der Waals surface area contributed by atoms with E-state index in [1.54, 1.807) is 0 Å². The zero-order chi connectivity index (χ0) is 13.9. The Bertz CT molecular complexity index is 324. The van der Waals surface area contributed by atoms with E-state index in [1.807, 2.05) is 0 Å². The van der Waals surface area contributed by atoms with Gasteiger partial charge in [-0.05, 0) is 36.5 Å². The molecular formula is C14H16Cl4Ru. The normalized spacial score (nSPS) is 36.0. The Hall–Kier alpha value is 0.743. The van der Waals surface area contributed by atoms with Crippen LogP contribution in [0.1, 0.15) is 12.8 Å². The molecule has 108 valence electrons. The van der Waals surface area contributed by atoms with Gasteiger partial charge in [-0.15, -0.1) is 0 Å². The first-order chi connectivity index (χ1) is 8.90. The van der Waals surface area contributed by atoms with Crippen molar-refractivity contribution < 1.29 is 10.8 Å². The predicted molar refractivity (Wildman–Crippen MR) is 83.2 cm³/mol. The first-order valence-corrected chi connectivity index (χ1v) is 15.1. The summed E-state index contributed by atoms with van der Waals surface area (Å²) in [5.74, 6) is 3.24. The SMILES string of the molecule is C1=CC2C=CC1C2.C1=CC2C=CC1C2.[Cl][Ru]([Cl])([Cl])[Cl]. The van der Waals surface area contributed by atoms with Crippen molar-refractivity contribution in [3.63, 3.8) is 0 Å². The van der Waals surface area contributed by atoms with Crippen molar-refractivity contribution in [2.75, 3.05) is 0 Å². The molecular weight excluding hydrogens is 411 g/mol. The van der Waals surface area contributed by atoms with Crippen molar-refractivity contribution in [3.8, 4) is 0 Å². The number of rotatable bonds is 0. The van der Waals surface area contributed by atoms with Crippen LogP contribution in [0.25, 0.3) is 0 Å². The molecule has 0 aliphatic heterocycles. The Morgan fingerprint density at radius 1 is 0.526 bits per heavy atom. The van der Waals surface area contributed by atoms with Gasteiger partial charge in [0.2, 0.25) is 0 Å². The topological polar surface area (TPSA) is 0 Å². The molecule has 0 heterocycles. The molecule has 0 saturated heterocycles. The average Bonchev–Trinajstić information content (AvgIpc) is 3.10. The van der Waals surface area contributed by atoms with Crippen LogP contribution in [0.15, 0.2) is 48.6 Å². The van der Waals surface area contributed by atoms with Crippen molar-refractivity contribution in [1.82, 2.24) is 0 Å². The van der Waals surface area contributed by atoms with Gasteiger partial charge in [0.15, 0.2) is 0 Å². The molecule has 19 heavy (non-hydrogen) atoms. The maximum atomic E-state index is 5.00. The summed E-state index contributed by atoms with van der Waals surface area (Å²) in [5.41, 5.74) is 0. The van der Waals surface area contributed by atoms with Gasteiger partial charge in [-0.2, -0.15) is 0 Å². The number of hydrogen-bond acceptors (Lipinski definition) is 0. The number of halogens is 4. The van der Waals surface area contributed by atoms with Crippen molar-refractivity contribution in [2.24, 2.45) is 23.7 Å². The number of allylic oxidation sites excluding steroid dienone is 8. The summed E-state index contributed by atoms with van der Waals surface area (Å²) in [6, 6.07) is 0. The van der Waals surface area contributed by atoms with Crippen molar-refractivity contribution >= 4 is 38.8 Å². The summed E-state index contributed by atoms with van der Waals surface area (Å²) in [5, 5.41) is 0. The van der Waals surface area contributed by atoms with Crippen LogP contribution >= 0.6 is 38.8 Å². The summed E-state index contributed by atoms with van der Waals surface area (Å²) < 4.78 is 0. The Morgan fingerprint density at radius 2 is 0.684 bits per heavy atom. The number of hydrogen-bond donors (Lipinski definition) is 0. The zero-order valence-electron chi connectivity index (χ0n) is 10.2. The van der Waals surface area contributed by atoms with Crippen LogP contribution in [-0.4, -0.2) is 0 Å². The Morgan fingerprint density at radius 3 is 0.737 bits per heavy atom. The summed E-state index contributed by atoms with van der Waals surface area (Å²) in [4.78, 5) is 0. The molecule has 0 unspecified atom stereocenters. The molecule has 4 aliphatic carbocycles. The van der Waals surface area contributed by atoms with E-state index in [0.717, 1.165) is 23.7 Å². The van der Waals surface area contributed by atoms with Gasteiger partial charge in [0.05, 0.1) is 0 Å². The minimum absolute atomic E-state index is 0.810. The summed E-state index contributed by atoms with van der Waals surface area (Å²) in [7, 11) is 17.0. The summed E-state index contributed by atoms with van der Waals surface area (Å²) >= 11 is 0. The van der Waals surface area contributed by atoms with Crippen LogP contribution in [0.2, 0.25) is 0 Å². The van der Waals surface area contributed by atoms with E-state index in [4.69, 9.17) is 38.8 Å². The van der Waals surface area contributed by atoms with Gasteiger partial charge in [0, 0.05) is 0 Å². The number of fused-ring (bicyclic) bond motifs is 4. The third kappa shape index (κ3) is 6.36. The van der Waals surface area contributed by atoms with Gasteiger partial charge in [-0.1, -0.05) is 48.6 Å².